The molecule has 32 heavy (non-hydrogen) atoms. The molecular weight excluding hydrogens is 419 g/mol. The fourth-order valence-corrected chi connectivity index (χ4v) is 4.04. The lowest BCUT2D eigenvalue weighted by molar-refractivity contribution is 0.0136. The third-order valence-corrected chi connectivity index (χ3v) is 5.73. The van der Waals surface area contributed by atoms with Gasteiger partial charge < -0.3 is 19.7 Å². The molecule has 0 spiro atoms. The van der Waals surface area contributed by atoms with Crippen molar-refractivity contribution >= 4 is 22.3 Å². The van der Waals surface area contributed by atoms with Gasteiger partial charge >= 0.3 is 0 Å². The summed E-state index contributed by atoms with van der Waals surface area (Å²) in [5.74, 6) is -3.44. The smallest absolute Gasteiger partial charge is 0.273 e. The molecule has 1 aliphatic heterocycles. The van der Waals surface area contributed by atoms with E-state index in [1.807, 2.05) is 12.1 Å². The molecule has 0 amide bonds. The summed E-state index contributed by atoms with van der Waals surface area (Å²) in [6.07, 6.45) is 1.65. The van der Waals surface area contributed by atoms with Gasteiger partial charge in [-0.3, -0.25) is 4.98 Å². The molecule has 1 N–H and O–H groups in total. The molecule has 2 aromatic carbocycles. The zero-order chi connectivity index (χ0) is 22.9. The Morgan fingerprint density at radius 1 is 1.19 bits per heavy atom. The second-order valence-corrected chi connectivity index (χ2v) is 7.96. The van der Waals surface area contributed by atoms with E-state index >= 15 is 0 Å². The molecule has 4 rings (SSSR count). The van der Waals surface area contributed by atoms with E-state index in [1.165, 1.54) is 12.1 Å². The van der Waals surface area contributed by atoms with Crippen LogP contribution in [0.25, 0.3) is 10.9 Å². The minimum absolute atomic E-state index is 0.177. The van der Waals surface area contributed by atoms with Crippen LogP contribution in [-0.4, -0.2) is 38.4 Å². The minimum atomic E-state index is -3.26. The molecule has 170 valence electrons. The zero-order valence-electron chi connectivity index (χ0n) is 18.3. The standard InChI is InChI=1S/C24H26F3N3O2/c1-15(16-5-4-6-18(23(16)25)24(2,26)27)29-19-7-8-28-20-14-22(31-3)21(13-17(19)20)30-9-11-32-12-10-30/h4-8,13-15H,9-12H2,1-3H3,(H,28,29). The molecule has 1 aliphatic rings. The van der Waals surface area contributed by atoms with E-state index in [1.54, 1.807) is 26.3 Å². The van der Waals surface area contributed by atoms with E-state index in [0.717, 1.165) is 35.9 Å². The molecule has 5 nitrogen and oxygen atoms in total. The van der Waals surface area contributed by atoms with Crippen molar-refractivity contribution in [3.63, 3.8) is 0 Å². The number of nitrogens with zero attached hydrogens (tertiary/aromatic N) is 2. The molecule has 1 saturated heterocycles. The summed E-state index contributed by atoms with van der Waals surface area (Å²) in [4.78, 5) is 6.63. The number of methoxy groups -OCH3 is 1. The van der Waals surface area contributed by atoms with Crippen LogP contribution in [0.3, 0.4) is 0 Å². The summed E-state index contributed by atoms with van der Waals surface area (Å²) in [6.45, 7) is 5.19. The second-order valence-electron chi connectivity index (χ2n) is 7.96. The number of anilines is 2. The fourth-order valence-electron chi connectivity index (χ4n) is 4.04. The van der Waals surface area contributed by atoms with Crippen LogP contribution >= 0.6 is 0 Å². The first-order valence-corrected chi connectivity index (χ1v) is 10.5. The molecule has 1 aromatic heterocycles. The lowest BCUT2D eigenvalue weighted by Crippen LogP contribution is -2.36. The van der Waals surface area contributed by atoms with Gasteiger partial charge in [-0.15, -0.1) is 0 Å². The van der Waals surface area contributed by atoms with Gasteiger partial charge in [0, 0.05) is 48.9 Å². The Kier molecular flexibility index (Phi) is 6.15. The Balaban J connectivity index is 1.72. The second kappa shape index (κ2) is 8.86. The van der Waals surface area contributed by atoms with E-state index in [4.69, 9.17) is 9.47 Å². The number of aromatic nitrogens is 1. The van der Waals surface area contributed by atoms with Crippen molar-refractivity contribution in [2.75, 3.05) is 43.6 Å². The number of hydrogen-bond acceptors (Lipinski definition) is 5. The third kappa shape index (κ3) is 4.32. The van der Waals surface area contributed by atoms with Crippen LogP contribution in [0.5, 0.6) is 5.75 Å². The number of halogens is 3. The quantitative estimate of drug-likeness (QED) is 0.543. The summed E-state index contributed by atoms with van der Waals surface area (Å²) in [5, 5.41) is 4.11. The molecule has 1 atom stereocenters. The van der Waals surface area contributed by atoms with Crippen molar-refractivity contribution in [3.8, 4) is 5.75 Å². The summed E-state index contributed by atoms with van der Waals surface area (Å²) in [7, 11) is 1.62. The van der Waals surface area contributed by atoms with Crippen molar-refractivity contribution in [1.82, 2.24) is 4.98 Å². The maximum Gasteiger partial charge on any atom is 0.273 e. The lowest BCUT2D eigenvalue weighted by atomic mass is 10.0. The Hall–Kier alpha value is -3.00. The number of morpholine rings is 1. The molecule has 1 fully saturated rings. The molecule has 0 bridgehead atoms. The number of alkyl halides is 2. The highest BCUT2D eigenvalue weighted by Gasteiger charge is 2.30. The average Bonchev–Trinajstić information content (AvgIpc) is 2.78. The number of fused-ring (bicyclic) bond motifs is 1. The summed E-state index contributed by atoms with van der Waals surface area (Å²) in [6, 6.07) is 9.21. The fraction of sp³-hybridized carbons (Fsp3) is 0.375. The van der Waals surface area contributed by atoms with Gasteiger partial charge in [0.2, 0.25) is 0 Å². The molecule has 3 aromatic rings. The van der Waals surface area contributed by atoms with E-state index in [9.17, 15) is 13.2 Å². The van der Waals surface area contributed by atoms with Crippen molar-refractivity contribution in [1.29, 1.82) is 0 Å². The van der Waals surface area contributed by atoms with Crippen molar-refractivity contribution in [2.24, 2.45) is 0 Å². The lowest BCUT2D eigenvalue weighted by Gasteiger charge is -2.30. The van der Waals surface area contributed by atoms with Gasteiger partial charge in [-0.1, -0.05) is 18.2 Å². The molecule has 1 unspecified atom stereocenters. The highest BCUT2D eigenvalue weighted by Crippen LogP contribution is 2.37. The van der Waals surface area contributed by atoms with Crippen LogP contribution in [0.2, 0.25) is 0 Å². The molecule has 2 heterocycles. The van der Waals surface area contributed by atoms with E-state index in [2.05, 4.69) is 15.2 Å². The number of rotatable bonds is 6. The van der Waals surface area contributed by atoms with Crippen molar-refractivity contribution < 1.29 is 22.6 Å². The number of nitrogens with one attached hydrogen (secondary N) is 1. The normalized spacial score (nSPS) is 15.6. The number of pyridine rings is 1. The van der Waals surface area contributed by atoms with Gasteiger partial charge in [0.05, 0.1) is 43.1 Å². The van der Waals surface area contributed by atoms with Crippen molar-refractivity contribution in [2.45, 2.75) is 25.8 Å². The van der Waals surface area contributed by atoms with Gasteiger partial charge in [-0.2, -0.15) is 0 Å². The first-order chi connectivity index (χ1) is 15.3. The largest absolute Gasteiger partial charge is 0.495 e. The predicted molar refractivity (Wildman–Crippen MR) is 119 cm³/mol. The molecule has 0 aliphatic carbocycles. The van der Waals surface area contributed by atoms with Gasteiger partial charge in [0.15, 0.2) is 0 Å². The summed E-state index contributed by atoms with van der Waals surface area (Å²) >= 11 is 0. The topological polar surface area (TPSA) is 46.6 Å². The highest BCUT2D eigenvalue weighted by molar-refractivity contribution is 5.95. The van der Waals surface area contributed by atoms with Gasteiger partial charge in [-0.25, -0.2) is 13.2 Å². The van der Waals surface area contributed by atoms with E-state index < -0.39 is 23.3 Å². The van der Waals surface area contributed by atoms with E-state index in [0.29, 0.717) is 31.4 Å². The van der Waals surface area contributed by atoms with Crippen molar-refractivity contribution in [3.05, 3.63) is 59.5 Å². The molecule has 0 radical (unpaired) electrons. The van der Waals surface area contributed by atoms with Crippen LogP contribution in [-0.2, 0) is 10.7 Å². The molecular formula is C24H26F3N3O2. The number of ether oxygens (including phenoxy) is 2. The summed E-state index contributed by atoms with van der Waals surface area (Å²) in [5.41, 5.74) is 1.93. The van der Waals surface area contributed by atoms with Crippen LogP contribution in [0.4, 0.5) is 24.5 Å². The number of benzene rings is 2. The maximum atomic E-state index is 14.9. The van der Waals surface area contributed by atoms with Crippen LogP contribution in [0.1, 0.15) is 31.0 Å². The predicted octanol–water partition coefficient (Wildman–Crippen LogP) is 5.50. The van der Waals surface area contributed by atoms with Crippen LogP contribution < -0.4 is 15.0 Å². The SMILES string of the molecule is COc1cc2nccc(NC(C)c3cccc(C(C)(F)F)c3F)c2cc1N1CCOCC1. The van der Waals surface area contributed by atoms with Gasteiger partial charge in [-0.05, 0) is 19.1 Å². The number of hydrogen-bond donors (Lipinski definition) is 1. The Morgan fingerprint density at radius 3 is 2.62 bits per heavy atom. The summed E-state index contributed by atoms with van der Waals surface area (Å²) < 4.78 is 53.5. The monoisotopic (exact) mass is 445 g/mol. The minimum Gasteiger partial charge on any atom is -0.495 e. The molecule has 0 saturated carbocycles. The average molecular weight is 445 g/mol. The zero-order valence-corrected chi connectivity index (χ0v) is 18.3. The first-order valence-electron chi connectivity index (χ1n) is 10.5. The van der Waals surface area contributed by atoms with Crippen LogP contribution in [0.15, 0.2) is 42.6 Å². The maximum absolute atomic E-state index is 14.9. The molecule has 8 heteroatoms. The Morgan fingerprint density at radius 2 is 1.94 bits per heavy atom. The highest BCUT2D eigenvalue weighted by atomic mass is 19.3. The Labute approximate surface area is 185 Å². The van der Waals surface area contributed by atoms with Gasteiger partial charge in [0.25, 0.3) is 5.92 Å². The third-order valence-electron chi connectivity index (χ3n) is 5.73. The van der Waals surface area contributed by atoms with E-state index in [-0.39, 0.29) is 5.56 Å². The van der Waals surface area contributed by atoms with Gasteiger partial charge in [0.1, 0.15) is 11.6 Å². The van der Waals surface area contributed by atoms with Crippen LogP contribution in [0, 0.1) is 5.82 Å². The Bertz CT molecular complexity index is 1110. The first kappa shape index (κ1) is 22.2.